The molecular formula is C24H23FN6O. The maximum Gasteiger partial charge on any atom is 0.265 e. The molecule has 3 aromatic heterocycles. The van der Waals surface area contributed by atoms with Gasteiger partial charge in [0, 0.05) is 34.6 Å². The Balaban J connectivity index is 1.33. The number of carbonyl (C=O) groups excluding carboxylic acids is 1. The number of rotatable bonds is 6. The number of aromatic nitrogens is 4. The smallest absolute Gasteiger partial charge is 0.265 e. The number of halogens is 1. The highest BCUT2D eigenvalue weighted by Gasteiger charge is 2.47. The third-order valence-electron chi connectivity index (χ3n) is 6.19. The average Bonchev–Trinajstić information content (AvgIpc) is 3.21. The van der Waals surface area contributed by atoms with Crippen LogP contribution in [-0.4, -0.2) is 38.8 Å². The highest BCUT2D eigenvalue weighted by atomic mass is 19.1. The number of anilines is 1. The maximum absolute atomic E-state index is 13.8. The molecule has 1 aromatic carbocycles. The van der Waals surface area contributed by atoms with E-state index >= 15 is 0 Å². The number of primary amides is 1. The lowest BCUT2D eigenvalue weighted by atomic mass is 9.64. The molecule has 1 amide bonds. The molecule has 5 rings (SSSR count). The zero-order chi connectivity index (χ0) is 22.3. The molecule has 1 fully saturated rings. The van der Waals surface area contributed by atoms with Gasteiger partial charge in [0.25, 0.3) is 5.91 Å². The van der Waals surface area contributed by atoms with Crippen molar-refractivity contribution in [2.45, 2.75) is 31.4 Å². The summed E-state index contributed by atoms with van der Waals surface area (Å²) in [6, 6.07) is 15.1. The second-order valence-electron chi connectivity index (χ2n) is 8.46. The van der Waals surface area contributed by atoms with E-state index in [-0.39, 0.29) is 5.41 Å². The van der Waals surface area contributed by atoms with E-state index in [0.717, 1.165) is 27.7 Å². The van der Waals surface area contributed by atoms with E-state index in [1.807, 2.05) is 49.4 Å². The molecule has 4 N–H and O–H groups in total. The molecule has 3 heterocycles. The molecule has 0 spiro atoms. The molecule has 0 unspecified atom stereocenters. The van der Waals surface area contributed by atoms with Crippen LogP contribution in [0.4, 0.5) is 10.2 Å². The number of nitrogens with two attached hydrogens (primary N) is 1. The summed E-state index contributed by atoms with van der Waals surface area (Å²) in [5, 5.41) is 12.8. The molecule has 32 heavy (non-hydrogen) atoms. The predicted molar refractivity (Wildman–Crippen MR) is 121 cm³/mol. The monoisotopic (exact) mass is 430 g/mol. The Hall–Kier alpha value is -3.81. The van der Waals surface area contributed by atoms with Gasteiger partial charge >= 0.3 is 0 Å². The molecule has 1 aliphatic carbocycles. The minimum absolute atomic E-state index is 0.331. The zero-order valence-corrected chi connectivity index (χ0v) is 17.6. The van der Waals surface area contributed by atoms with Gasteiger partial charge < -0.3 is 16.0 Å². The lowest BCUT2D eigenvalue weighted by Crippen LogP contribution is -2.48. The summed E-state index contributed by atoms with van der Waals surface area (Å²) < 4.78 is 13.8. The second kappa shape index (κ2) is 7.71. The van der Waals surface area contributed by atoms with Crippen molar-refractivity contribution in [2.75, 3.05) is 11.9 Å². The minimum atomic E-state index is -0.801. The van der Waals surface area contributed by atoms with Crippen molar-refractivity contribution in [3.05, 3.63) is 71.7 Å². The van der Waals surface area contributed by atoms with Gasteiger partial charge in [-0.1, -0.05) is 12.1 Å². The van der Waals surface area contributed by atoms with Crippen molar-refractivity contribution >= 4 is 22.6 Å². The molecule has 0 aliphatic heterocycles. The number of hydrogen-bond donors (Lipinski definition) is 3. The largest absolute Gasteiger partial charge is 0.368 e. The zero-order valence-electron chi connectivity index (χ0n) is 17.6. The summed E-state index contributed by atoms with van der Waals surface area (Å²) >= 11 is 0. The van der Waals surface area contributed by atoms with E-state index in [1.165, 1.54) is 0 Å². The SMILES string of the molecule is Cc1cccnc1[C@]1(CNc2ccc(-c3ccc4[nH]c(C(N)=O)cc4c3)nn2)C[C@@H](F)C1. The number of aromatic amines is 1. The van der Waals surface area contributed by atoms with Crippen LogP contribution < -0.4 is 11.1 Å². The number of nitrogens with one attached hydrogen (secondary N) is 2. The number of carbonyl (C=O) groups is 1. The quantitative estimate of drug-likeness (QED) is 0.430. The fraction of sp³-hybridized carbons (Fsp3) is 0.250. The van der Waals surface area contributed by atoms with Crippen LogP contribution in [-0.2, 0) is 5.41 Å². The van der Waals surface area contributed by atoms with Crippen molar-refractivity contribution < 1.29 is 9.18 Å². The number of fused-ring (bicyclic) bond motifs is 1. The van der Waals surface area contributed by atoms with Crippen molar-refractivity contribution in [2.24, 2.45) is 5.73 Å². The van der Waals surface area contributed by atoms with E-state index in [4.69, 9.17) is 5.73 Å². The topological polar surface area (TPSA) is 110 Å². The number of alkyl halides is 1. The summed E-state index contributed by atoms with van der Waals surface area (Å²) in [7, 11) is 0. The van der Waals surface area contributed by atoms with Crippen LogP contribution in [0.1, 0.15) is 34.6 Å². The van der Waals surface area contributed by atoms with Crippen LogP contribution >= 0.6 is 0 Å². The van der Waals surface area contributed by atoms with Gasteiger partial charge in [-0.15, -0.1) is 10.2 Å². The molecule has 1 saturated carbocycles. The number of H-pyrrole nitrogens is 1. The normalized spacial score (nSPS) is 20.1. The lowest BCUT2D eigenvalue weighted by molar-refractivity contribution is 0.0988. The van der Waals surface area contributed by atoms with Crippen molar-refractivity contribution in [1.29, 1.82) is 0 Å². The van der Waals surface area contributed by atoms with Gasteiger partial charge in [0.1, 0.15) is 17.7 Å². The average molecular weight is 430 g/mol. The first-order valence-corrected chi connectivity index (χ1v) is 10.5. The van der Waals surface area contributed by atoms with E-state index in [0.29, 0.717) is 36.6 Å². The fourth-order valence-corrected chi connectivity index (χ4v) is 4.52. The highest BCUT2D eigenvalue weighted by Crippen LogP contribution is 2.45. The Morgan fingerprint density at radius 3 is 2.75 bits per heavy atom. The highest BCUT2D eigenvalue weighted by molar-refractivity contribution is 5.97. The molecule has 0 bridgehead atoms. The molecular weight excluding hydrogens is 407 g/mol. The Bertz CT molecular complexity index is 1290. The lowest BCUT2D eigenvalue weighted by Gasteiger charge is -2.44. The van der Waals surface area contributed by atoms with Crippen LogP contribution in [0.3, 0.4) is 0 Å². The predicted octanol–water partition coefficient (Wildman–Crippen LogP) is 3.91. The molecule has 162 valence electrons. The second-order valence-corrected chi connectivity index (χ2v) is 8.46. The third-order valence-corrected chi connectivity index (χ3v) is 6.19. The number of pyridine rings is 1. The Morgan fingerprint density at radius 1 is 1.22 bits per heavy atom. The molecule has 1 aliphatic rings. The number of benzene rings is 1. The maximum atomic E-state index is 13.8. The number of amides is 1. The number of hydrogen-bond acceptors (Lipinski definition) is 5. The number of aryl methyl sites for hydroxylation is 1. The van der Waals surface area contributed by atoms with Gasteiger partial charge in [-0.2, -0.15) is 0 Å². The summed E-state index contributed by atoms with van der Waals surface area (Å²) in [5.41, 5.74) is 9.82. The van der Waals surface area contributed by atoms with Crippen LogP contribution in [0.25, 0.3) is 22.2 Å². The first kappa shape index (κ1) is 20.1. The Kier molecular flexibility index (Phi) is 4.84. The van der Waals surface area contributed by atoms with Crippen LogP contribution in [0.5, 0.6) is 0 Å². The van der Waals surface area contributed by atoms with Crippen LogP contribution in [0.2, 0.25) is 0 Å². The van der Waals surface area contributed by atoms with Crippen molar-refractivity contribution in [1.82, 2.24) is 20.2 Å². The standard InChI is InChI=1S/C24H23FN6O/c1-14-3-2-8-27-22(14)24(11-17(25)12-24)13-28-21-7-6-19(30-31-21)15-4-5-18-16(9-15)10-20(29-18)23(26)32/h2-10,17,29H,11-13H2,1H3,(H2,26,32)(H,28,31)/t17-,24-. The fourth-order valence-electron chi connectivity index (χ4n) is 4.52. The summed E-state index contributed by atoms with van der Waals surface area (Å²) in [4.78, 5) is 18.9. The van der Waals surface area contributed by atoms with Gasteiger partial charge in [-0.3, -0.25) is 9.78 Å². The minimum Gasteiger partial charge on any atom is -0.368 e. The van der Waals surface area contributed by atoms with E-state index in [2.05, 4.69) is 25.5 Å². The molecule has 0 saturated heterocycles. The van der Waals surface area contributed by atoms with Crippen molar-refractivity contribution in [3.63, 3.8) is 0 Å². The molecule has 0 atom stereocenters. The molecule has 0 radical (unpaired) electrons. The number of nitrogens with zero attached hydrogens (tertiary/aromatic N) is 3. The van der Waals surface area contributed by atoms with Gasteiger partial charge in [0.15, 0.2) is 0 Å². The van der Waals surface area contributed by atoms with Gasteiger partial charge in [0.05, 0.1) is 11.4 Å². The molecule has 4 aromatic rings. The van der Waals surface area contributed by atoms with Crippen LogP contribution in [0.15, 0.2) is 54.7 Å². The van der Waals surface area contributed by atoms with E-state index in [1.54, 1.807) is 12.3 Å². The third kappa shape index (κ3) is 3.57. The Morgan fingerprint density at radius 2 is 2.06 bits per heavy atom. The summed E-state index contributed by atoms with van der Waals surface area (Å²) in [6.45, 7) is 2.56. The first-order chi connectivity index (χ1) is 15.4. The van der Waals surface area contributed by atoms with Gasteiger partial charge in [-0.05, 0) is 61.7 Å². The molecule has 8 heteroatoms. The van der Waals surface area contributed by atoms with E-state index < -0.39 is 12.1 Å². The van der Waals surface area contributed by atoms with Gasteiger partial charge in [0.2, 0.25) is 0 Å². The Labute approximate surface area is 184 Å². The molecule has 7 nitrogen and oxygen atoms in total. The van der Waals surface area contributed by atoms with E-state index in [9.17, 15) is 9.18 Å². The van der Waals surface area contributed by atoms with Crippen molar-refractivity contribution in [3.8, 4) is 11.3 Å². The van der Waals surface area contributed by atoms with Gasteiger partial charge in [-0.25, -0.2) is 4.39 Å². The summed E-state index contributed by atoms with van der Waals surface area (Å²) in [6.07, 6.45) is 1.86. The summed E-state index contributed by atoms with van der Waals surface area (Å²) in [5.74, 6) is 0.130. The first-order valence-electron chi connectivity index (χ1n) is 10.5. The van der Waals surface area contributed by atoms with Crippen LogP contribution in [0, 0.1) is 6.92 Å².